The Labute approximate surface area is 149 Å². The molecule has 9 nitrogen and oxygen atoms in total. The Morgan fingerprint density at radius 1 is 1.19 bits per heavy atom. The van der Waals surface area contributed by atoms with Crippen LogP contribution in [-0.2, 0) is 14.9 Å². The zero-order valence-electron chi connectivity index (χ0n) is 14.6. The highest BCUT2D eigenvalue weighted by molar-refractivity contribution is 7.93. The molecule has 2 heterocycles. The van der Waals surface area contributed by atoms with Crippen molar-refractivity contribution >= 4 is 15.7 Å². The second kappa shape index (κ2) is 6.45. The molecule has 1 aromatic carbocycles. The predicted octanol–water partition coefficient (Wildman–Crippen LogP) is 2.45. The van der Waals surface area contributed by atoms with Crippen LogP contribution in [0.4, 0.5) is 0 Å². The Bertz CT molecular complexity index is 1090. The molecule has 3 rings (SSSR count). The first-order valence-corrected chi connectivity index (χ1v) is 9.14. The first-order valence-electron chi connectivity index (χ1n) is 7.70. The quantitative estimate of drug-likeness (QED) is 0.802. The summed E-state index contributed by atoms with van der Waals surface area (Å²) in [4.78, 5) is 16.9. The molecule has 0 unspecified atom stereocenters. The SMILES string of the molecule is CC1=NOC(C)=C(S(=O)(=O)n2c(Oc3ccc(C)cc3C)noc2=O)C1. The van der Waals surface area contributed by atoms with Crippen LogP contribution in [0.1, 0.15) is 31.4 Å². The third-order valence-electron chi connectivity index (χ3n) is 3.77. The molecule has 1 aliphatic rings. The molecule has 0 aliphatic carbocycles. The van der Waals surface area contributed by atoms with Crippen molar-refractivity contribution in [1.29, 1.82) is 0 Å². The van der Waals surface area contributed by atoms with Crippen LogP contribution in [0.3, 0.4) is 0 Å². The molecule has 0 saturated heterocycles. The zero-order valence-corrected chi connectivity index (χ0v) is 15.5. The molecule has 0 bridgehead atoms. The van der Waals surface area contributed by atoms with E-state index >= 15 is 0 Å². The summed E-state index contributed by atoms with van der Waals surface area (Å²) in [5.41, 5.74) is 2.22. The summed E-state index contributed by atoms with van der Waals surface area (Å²) < 4.78 is 36.4. The number of aromatic nitrogens is 2. The van der Waals surface area contributed by atoms with Crippen LogP contribution in [0, 0.1) is 13.8 Å². The average molecular weight is 379 g/mol. The molecule has 0 atom stereocenters. The number of oxime groups is 1. The number of allylic oxidation sites excluding steroid dienone is 2. The average Bonchev–Trinajstić information content (AvgIpc) is 2.93. The Kier molecular flexibility index (Phi) is 4.45. The summed E-state index contributed by atoms with van der Waals surface area (Å²) >= 11 is 0. The van der Waals surface area contributed by atoms with E-state index in [1.807, 2.05) is 13.0 Å². The molecule has 138 valence electrons. The number of nitrogens with zero attached hydrogens (tertiary/aromatic N) is 3. The van der Waals surface area contributed by atoms with Gasteiger partial charge in [0.2, 0.25) is 0 Å². The second-order valence-electron chi connectivity index (χ2n) is 5.95. The van der Waals surface area contributed by atoms with E-state index in [0.29, 0.717) is 15.4 Å². The van der Waals surface area contributed by atoms with Gasteiger partial charge in [0.15, 0.2) is 0 Å². The monoisotopic (exact) mass is 379 g/mol. The van der Waals surface area contributed by atoms with E-state index in [0.717, 1.165) is 11.1 Å². The van der Waals surface area contributed by atoms with Gasteiger partial charge in [-0.1, -0.05) is 22.9 Å². The molecule has 10 heteroatoms. The summed E-state index contributed by atoms with van der Waals surface area (Å²) in [7, 11) is -4.31. The van der Waals surface area contributed by atoms with Gasteiger partial charge in [-0.05, 0) is 44.5 Å². The van der Waals surface area contributed by atoms with Gasteiger partial charge in [0.25, 0.3) is 10.0 Å². The van der Waals surface area contributed by atoms with Crippen molar-refractivity contribution < 1.29 is 22.5 Å². The van der Waals surface area contributed by atoms with Gasteiger partial charge in [0.05, 0.1) is 5.71 Å². The summed E-state index contributed by atoms with van der Waals surface area (Å²) in [6.07, 6.45) is 0.00872. The third kappa shape index (κ3) is 3.15. The van der Waals surface area contributed by atoms with Crippen molar-refractivity contribution in [2.75, 3.05) is 0 Å². The fraction of sp³-hybridized carbons (Fsp3) is 0.312. The van der Waals surface area contributed by atoms with Crippen LogP contribution in [0.15, 0.2) is 43.3 Å². The standard InChI is InChI=1S/C16H17N3O6S/c1-9-5-6-13(10(2)7-9)23-15-18-25-16(20)19(15)26(21,22)14-8-11(3)17-24-12(14)4/h5-7H,8H2,1-4H3. The van der Waals surface area contributed by atoms with Crippen molar-refractivity contribution in [3.63, 3.8) is 0 Å². The van der Waals surface area contributed by atoms with Gasteiger partial charge < -0.3 is 9.57 Å². The molecule has 0 radical (unpaired) electrons. The lowest BCUT2D eigenvalue weighted by molar-refractivity contribution is 0.221. The first kappa shape index (κ1) is 17.9. The highest BCUT2D eigenvalue weighted by Gasteiger charge is 2.33. The molecule has 0 N–H and O–H groups in total. The summed E-state index contributed by atoms with van der Waals surface area (Å²) in [6.45, 7) is 6.77. The molecular formula is C16H17N3O6S. The van der Waals surface area contributed by atoms with Crippen LogP contribution >= 0.6 is 0 Å². The maximum atomic E-state index is 13.0. The van der Waals surface area contributed by atoms with E-state index in [1.54, 1.807) is 26.0 Å². The van der Waals surface area contributed by atoms with Crippen LogP contribution < -0.4 is 10.5 Å². The lowest BCUT2D eigenvalue weighted by atomic mass is 10.1. The molecule has 1 aromatic heterocycles. The smallest absolute Gasteiger partial charge is 0.422 e. The highest BCUT2D eigenvalue weighted by Crippen LogP contribution is 2.29. The fourth-order valence-corrected chi connectivity index (χ4v) is 3.99. The topological polar surface area (TPSA) is 113 Å². The minimum absolute atomic E-state index is 0.00872. The molecule has 1 aliphatic heterocycles. The molecular weight excluding hydrogens is 362 g/mol. The minimum atomic E-state index is -4.31. The largest absolute Gasteiger partial charge is 0.458 e. The summed E-state index contributed by atoms with van der Waals surface area (Å²) in [6, 6.07) is 4.82. The number of benzene rings is 1. The fourth-order valence-electron chi connectivity index (χ4n) is 2.47. The predicted molar refractivity (Wildman–Crippen MR) is 92.6 cm³/mol. The molecule has 26 heavy (non-hydrogen) atoms. The van der Waals surface area contributed by atoms with Gasteiger partial charge in [-0.25, -0.2) is 13.2 Å². The van der Waals surface area contributed by atoms with Crippen molar-refractivity contribution in [1.82, 2.24) is 9.13 Å². The first-order chi connectivity index (χ1) is 12.2. The number of aryl methyl sites for hydroxylation is 2. The van der Waals surface area contributed by atoms with E-state index in [4.69, 9.17) is 9.57 Å². The summed E-state index contributed by atoms with van der Waals surface area (Å²) in [5.74, 6) is -0.748. The zero-order chi connectivity index (χ0) is 19.1. The van der Waals surface area contributed by atoms with Crippen LogP contribution in [0.5, 0.6) is 11.8 Å². The normalized spacial score (nSPS) is 14.8. The van der Waals surface area contributed by atoms with Crippen molar-refractivity contribution in [3.05, 3.63) is 50.5 Å². The summed E-state index contributed by atoms with van der Waals surface area (Å²) in [5, 5.41) is 7.19. The van der Waals surface area contributed by atoms with Crippen molar-refractivity contribution in [2.24, 2.45) is 5.16 Å². The van der Waals surface area contributed by atoms with Gasteiger partial charge in [0, 0.05) is 6.42 Å². The second-order valence-corrected chi connectivity index (χ2v) is 7.75. The lowest BCUT2D eigenvalue weighted by Crippen LogP contribution is -2.28. The van der Waals surface area contributed by atoms with Gasteiger partial charge in [-0.2, -0.15) is 0 Å². The number of hydrogen-bond donors (Lipinski definition) is 0. The van der Waals surface area contributed by atoms with Gasteiger partial charge in [-0.3, -0.25) is 4.52 Å². The molecule has 2 aromatic rings. The maximum absolute atomic E-state index is 13.0. The van der Waals surface area contributed by atoms with Gasteiger partial charge in [0.1, 0.15) is 16.4 Å². The Morgan fingerprint density at radius 3 is 2.62 bits per heavy atom. The van der Waals surface area contributed by atoms with E-state index in [2.05, 4.69) is 14.8 Å². The van der Waals surface area contributed by atoms with Gasteiger partial charge in [-0.15, -0.1) is 3.97 Å². The van der Waals surface area contributed by atoms with Crippen LogP contribution in [0.25, 0.3) is 0 Å². The number of ether oxygens (including phenoxy) is 1. The number of rotatable bonds is 4. The van der Waals surface area contributed by atoms with E-state index < -0.39 is 21.8 Å². The van der Waals surface area contributed by atoms with Crippen LogP contribution in [-0.4, -0.2) is 23.3 Å². The van der Waals surface area contributed by atoms with E-state index in [-0.39, 0.29) is 17.1 Å². The van der Waals surface area contributed by atoms with Gasteiger partial charge >= 0.3 is 11.8 Å². The number of hydrogen-bond acceptors (Lipinski definition) is 8. The lowest BCUT2D eigenvalue weighted by Gasteiger charge is -2.16. The highest BCUT2D eigenvalue weighted by atomic mass is 32.2. The molecule has 0 fully saturated rings. The Hall–Kier alpha value is -2.88. The van der Waals surface area contributed by atoms with E-state index in [1.165, 1.54) is 6.92 Å². The molecule has 0 saturated carbocycles. The minimum Gasteiger partial charge on any atom is -0.422 e. The van der Waals surface area contributed by atoms with E-state index in [9.17, 15) is 13.2 Å². The Morgan fingerprint density at radius 2 is 1.92 bits per heavy atom. The van der Waals surface area contributed by atoms with Crippen molar-refractivity contribution in [2.45, 2.75) is 34.1 Å². The molecule has 0 amide bonds. The Balaban J connectivity index is 2.07. The third-order valence-corrected chi connectivity index (χ3v) is 5.61. The van der Waals surface area contributed by atoms with Crippen LogP contribution in [0.2, 0.25) is 0 Å². The maximum Gasteiger partial charge on any atom is 0.458 e. The van der Waals surface area contributed by atoms with Crippen molar-refractivity contribution in [3.8, 4) is 11.8 Å². The molecule has 0 spiro atoms.